The van der Waals surface area contributed by atoms with Crippen LogP contribution >= 0.6 is 0 Å². The Bertz CT molecular complexity index is 623. The average Bonchev–Trinajstić information content (AvgIpc) is 2.60. The molecule has 9 heteroatoms. The third-order valence-electron chi connectivity index (χ3n) is 5.43. The fraction of sp³-hybridized carbons (Fsp3) is 0.895. The number of sulfonamides is 1. The molecular formula is C19H37N5O3S. The molecule has 2 fully saturated rings. The normalized spacial score (nSPS) is 19.6. The fourth-order valence-corrected chi connectivity index (χ4v) is 4.38. The van der Waals surface area contributed by atoms with Gasteiger partial charge in [0.15, 0.2) is 5.96 Å². The standard InChI is InChI=1S/C19H37N5O3S/c1-4-20-19(21-10-13-28(26,27)22-14-16-6-5-7-16)23-17-8-11-24(12-9-17)18(25)15(2)3/h15-17,22H,4-14H2,1-3H3,(H2,20,21,23). The highest BCUT2D eigenvalue weighted by molar-refractivity contribution is 7.89. The minimum absolute atomic E-state index is 0.00235. The van der Waals surface area contributed by atoms with Crippen molar-refractivity contribution in [1.82, 2.24) is 20.3 Å². The molecule has 1 amide bonds. The molecule has 0 bridgehead atoms. The summed E-state index contributed by atoms with van der Waals surface area (Å²) >= 11 is 0. The highest BCUT2D eigenvalue weighted by Gasteiger charge is 2.25. The van der Waals surface area contributed by atoms with E-state index in [1.165, 1.54) is 6.42 Å². The van der Waals surface area contributed by atoms with Crippen LogP contribution in [0.4, 0.5) is 0 Å². The summed E-state index contributed by atoms with van der Waals surface area (Å²) in [6, 6.07) is 0.238. The molecule has 28 heavy (non-hydrogen) atoms. The number of hydrogen-bond donors (Lipinski definition) is 3. The molecule has 2 rings (SSSR count). The predicted molar refractivity (Wildman–Crippen MR) is 113 cm³/mol. The molecule has 3 N–H and O–H groups in total. The first-order valence-corrected chi connectivity index (χ1v) is 12.3. The van der Waals surface area contributed by atoms with Crippen molar-refractivity contribution < 1.29 is 13.2 Å². The van der Waals surface area contributed by atoms with Crippen LogP contribution in [0.2, 0.25) is 0 Å². The van der Waals surface area contributed by atoms with Crippen molar-refractivity contribution in [3.8, 4) is 0 Å². The van der Waals surface area contributed by atoms with Crippen LogP contribution < -0.4 is 15.4 Å². The molecule has 0 radical (unpaired) electrons. The first kappa shape index (κ1) is 22.9. The summed E-state index contributed by atoms with van der Waals surface area (Å²) in [5.74, 6) is 1.38. The van der Waals surface area contributed by atoms with Gasteiger partial charge >= 0.3 is 0 Å². The second-order valence-electron chi connectivity index (χ2n) is 8.12. The average molecular weight is 416 g/mol. The van der Waals surface area contributed by atoms with Gasteiger partial charge in [-0.2, -0.15) is 0 Å². The number of guanidine groups is 1. The van der Waals surface area contributed by atoms with Gasteiger partial charge in [0, 0.05) is 38.1 Å². The number of rotatable bonds is 9. The van der Waals surface area contributed by atoms with E-state index in [1.54, 1.807) is 0 Å². The predicted octanol–water partition coefficient (Wildman–Crippen LogP) is 0.908. The third-order valence-corrected chi connectivity index (χ3v) is 6.76. The van der Waals surface area contributed by atoms with Crippen molar-refractivity contribution in [3.05, 3.63) is 0 Å². The van der Waals surface area contributed by atoms with E-state index in [1.807, 2.05) is 25.7 Å². The lowest BCUT2D eigenvalue weighted by Gasteiger charge is -2.34. The topological polar surface area (TPSA) is 103 Å². The van der Waals surface area contributed by atoms with Crippen LogP contribution in [0.15, 0.2) is 4.99 Å². The van der Waals surface area contributed by atoms with E-state index in [9.17, 15) is 13.2 Å². The van der Waals surface area contributed by atoms with Crippen LogP contribution in [0.3, 0.4) is 0 Å². The fourth-order valence-electron chi connectivity index (χ4n) is 3.41. The Hall–Kier alpha value is -1.35. The van der Waals surface area contributed by atoms with Crippen molar-refractivity contribution in [3.63, 3.8) is 0 Å². The van der Waals surface area contributed by atoms with Gasteiger partial charge in [-0.15, -0.1) is 0 Å². The lowest BCUT2D eigenvalue weighted by molar-refractivity contribution is -0.135. The first-order valence-electron chi connectivity index (χ1n) is 10.6. The Morgan fingerprint density at radius 3 is 2.39 bits per heavy atom. The van der Waals surface area contributed by atoms with Gasteiger partial charge in [0.2, 0.25) is 15.9 Å². The molecule has 1 aliphatic carbocycles. The monoisotopic (exact) mass is 415 g/mol. The number of likely N-dealkylation sites (tertiary alicyclic amines) is 1. The summed E-state index contributed by atoms with van der Waals surface area (Å²) < 4.78 is 26.9. The zero-order chi connectivity index (χ0) is 20.6. The van der Waals surface area contributed by atoms with E-state index in [-0.39, 0.29) is 30.2 Å². The smallest absolute Gasteiger partial charge is 0.225 e. The number of nitrogens with one attached hydrogen (secondary N) is 3. The number of carbonyl (C=O) groups is 1. The second kappa shape index (κ2) is 11.0. The zero-order valence-corrected chi connectivity index (χ0v) is 18.4. The minimum atomic E-state index is -3.28. The lowest BCUT2D eigenvalue weighted by atomic mass is 9.86. The maximum atomic E-state index is 12.1. The Morgan fingerprint density at radius 2 is 1.86 bits per heavy atom. The van der Waals surface area contributed by atoms with Gasteiger partial charge in [-0.3, -0.25) is 9.79 Å². The summed E-state index contributed by atoms with van der Waals surface area (Å²) in [6.07, 6.45) is 5.18. The van der Waals surface area contributed by atoms with Crippen molar-refractivity contribution in [2.24, 2.45) is 16.8 Å². The SMILES string of the molecule is CCNC(=NCCS(=O)(=O)NCC1CCC1)NC1CCN(C(=O)C(C)C)CC1. The molecule has 0 aromatic rings. The minimum Gasteiger partial charge on any atom is -0.357 e. The first-order chi connectivity index (χ1) is 13.3. The van der Waals surface area contributed by atoms with E-state index in [4.69, 9.17) is 0 Å². The number of nitrogens with zero attached hydrogens (tertiary/aromatic N) is 2. The number of aliphatic imine (C=N–C) groups is 1. The maximum Gasteiger partial charge on any atom is 0.225 e. The van der Waals surface area contributed by atoms with E-state index in [2.05, 4.69) is 20.3 Å². The molecule has 0 atom stereocenters. The summed E-state index contributed by atoms with van der Waals surface area (Å²) in [5, 5.41) is 6.57. The van der Waals surface area contributed by atoms with Gasteiger partial charge < -0.3 is 15.5 Å². The summed E-state index contributed by atoms with van der Waals surface area (Å²) in [6.45, 7) is 8.82. The van der Waals surface area contributed by atoms with E-state index < -0.39 is 10.0 Å². The summed E-state index contributed by atoms with van der Waals surface area (Å²) in [7, 11) is -3.28. The van der Waals surface area contributed by atoms with Gasteiger partial charge in [0.25, 0.3) is 0 Å². The van der Waals surface area contributed by atoms with Crippen molar-refractivity contribution >= 4 is 21.9 Å². The van der Waals surface area contributed by atoms with Crippen LogP contribution in [0, 0.1) is 11.8 Å². The second-order valence-corrected chi connectivity index (χ2v) is 10.0. The molecule has 1 aliphatic heterocycles. The number of piperidine rings is 1. The molecular weight excluding hydrogens is 378 g/mol. The Morgan fingerprint density at radius 1 is 1.18 bits per heavy atom. The van der Waals surface area contributed by atoms with Gasteiger partial charge in [-0.25, -0.2) is 13.1 Å². The zero-order valence-electron chi connectivity index (χ0n) is 17.5. The van der Waals surface area contributed by atoms with Crippen molar-refractivity contribution in [2.75, 3.05) is 38.5 Å². The van der Waals surface area contributed by atoms with Crippen molar-refractivity contribution in [2.45, 2.75) is 58.9 Å². The van der Waals surface area contributed by atoms with Crippen LogP contribution in [0.1, 0.15) is 52.9 Å². The Balaban J connectivity index is 1.76. The van der Waals surface area contributed by atoms with Crippen LogP contribution in [-0.2, 0) is 14.8 Å². The van der Waals surface area contributed by atoms with Gasteiger partial charge in [-0.1, -0.05) is 20.3 Å². The number of hydrogen-bond acceptors (Lipinski definition) is 4. The Labute approximate surface area is 170 Å². The molecule has 0 spiro atoms. The van der Waals surface area contributed by atoms with Gasteiger partial charge in [0.05, 0.1) is 12.3 Å². The summed E-state index contributed by atoms with van der Waals surface area (Å²) in [4.78, 5) is 18.4. The molecule has 2 aliphatic rings. The van der Waals surface area contributed by atoms with Gasteiger partial charge in [0.1, 0.15) is 0 Å². The number of amides is 1. The van der Waals surface area contributed by atoms with E-state index in [0.29, 0.717) is 25.0 Å². The molecule has 1 saturated carbocycles. The van der Waals surface area contributed by atoms with Crippen LogP contribution in [-0.4, -0.2) is 69.7 Å². The number of carbonyl (C=O) groups excluding carboxylic acids is 1. The maximum absolute atomic E-state index is 12.1. The molecule has 1 saturated heterocycles. The van der Waals surface area contributed by atoms with E-state index in [0.717, 1.165) is 38.8 Å². The quantitative estimate of drug-likeness (QED) is 0.384. The molecule has 8 nitrogen and oxygen atoms in total. The third kappa shape index (κ3) is 7.58. The molecule has 0 unspecified atom stereocenters. The van der Waals surface area contributed by atoms with Gasteiger partial charge in [-0.05, 0) is 38.5 Å². The molecule has 162 valence electrons. The summed E-state index contributed by atoms with van der Waals surface area (Å²) in [5.41, 5.74) is 0. The van der Waals surface area contributed by atoms with Crippen molar-refractivity contribution in [1.29, 1.82) is 0 Å². The molecule has 1 heterocycles. The Kier molecular flexibility index (Phi) is 9.01. The van der Waals surface area contributed by atoms with E-state index >= 15 is 0 Å². The molecule has 0 aromatic heterocycles. The lowest BCUT2D eigenvalue weighted by Crippen LogP contribution is -2.50. The highest BCUT2D eigenvalue weighted by atomic mass is 32.2. The van der Waals surface area contributed by atoms with Crippen LogP contribution in [0.5, 0.6) is 0 Å². The largest absolute Gasteiger partial charge is 0.357 e. The molecule has 0 aromatic carbocycles. The highest BCUT2D eigenvalue weighted by Crippen LogP contribution is 2.25. The van der Waals surface area contributed by atoms with Crippen LogP contribution in [0.25, 0.3) is 0 Å².